The number of imidazole rings is 1. The van der Waals surface area contributed by atoms with Gasteiger partial charge in [-0.05, 0) is 38.1 Å². The van der Waals surface area contributed by atoms with Gasteiger partial charge in [0, 0.05) is 13.1 Å². The number of nitrogens with one attached hydrogen (secondary N) is 1. The fraction of sp³-hybridized carbons (Fsp3) is 0.318. The number of hydrogen-bond donors (Lipinski definition) is 1. The lowest BCUT2D eigenvalue weighted by Gasteiger charge is -2.20. The second-order valence-corrected chi connectivity index (χ2v) is 6.55. The maximum absolute atomic E-state index is 12.7. The summed E-state index contributed by atoms with van der Waals surface area (Å²) in [5, 5.41) is 2.89. The van der Waals surface area contributed by atoms with Gasteiger partial charge in [0.05, 0.1) is 30.3 Å². The first kappa shape index (κ1) is 20.4. The summed E-state index contributed by atoms with van der Waals surface area (Å²) in [6, 6.07) is 14.7. The van der Waals surface area contributed by atoms with Crippen LogP contribution in [0, 0.1) is 0 Å². The van der Waals surface area contributed by atoms with E-state index in [0.717, 1.165) is 11.0 Å². The van der Waals surface area contributed by atoms with Crippen LogP contribution in [0.1, 0.15) is 30.0 Å². The summed E-state index contributed by atoms with van der Waals surface area (Å²) in [4.78, 5) is 31.7. The maximum Gasteiger partial charge on any atom is 0.255 e. The third-order valence-corrected chi connectivity index (χ3v) is 4.90. The molecule has 3 rings (SSSR count). The Morgan fingerprint density at radius 2 is 1.76 bits per heavy atom. The molecule has 3 aromatic rings. The highest BCUT2D eigenvalue weighted by atomic mass is 16.5. The van der Waals surface area contributed by atoms with E-state index in [1.165, 1.54) is 7.11 Å². The van der Waals surface area contributed by atoms with Crippen molar-refractivity contribution in [3.63, 3.8) is 0 Å². The fourth-order valence-corrected chi connectivity index (χ4v) is 3.34. The second kappa shape index (κ2) is 9.23. The van der Waals surface area contributed by atoms with Gasteiger partial charge in [-0.15, -0.1) is 0 Å². The number of benzene rings is 2. The Bertz CT molecular complexity index is 1010. The van der Waals surface area contributed by atoms with E-state index in [-0.39, 0.29) is 24.9 Å². The smallest absolute Gasteiger partial charge is 0.255 e. The Labute approximate surface area is 170 Å². The van der Waals surface area contributed by atoms with Crippen molar-refractivity contribution in [3.8, 4) is 5.75 Å². The molecular weight excluding hydrogens is 368 g/mol. The Kier molecular flexibility index (Phi) is 6.49. The SMILES string of the molecule is CCN(CC)C(=O)Cn1c(CNC(=O)c2ccccc2OC)nc2ccccc21. The Morgan fingerprint density at radius 1 is 1.07 bits per heavy atom. The van der Waals surface area contributed by atoms with Crippen LogP contribution in [0.3, 0.4) is 0 Å². The van der Waals surface area contributed by atoms with Crippen molar-refractivity contribution in [1.82, 2.24) is 19.8 Å². The molecule has 0 saturated heterocycles. The van der Waals surface area contributed by atoms with Crippen molar-refractivity contribution < 1.29 is 14.3 Å². The predicted octanol–water partition coefficient (Wildman–Crippen LogP) is 2.84. The van der Waals surface area contributed by atoms with Crippen LogP contribution < -0.4 is 10.1 Å². The quantitative estimate of drug-likeness (QED) is 0.637. The number of carbonyl (C=O) groups is 2. The van der Waals surface area contributed by atoms with Gasteiger partial charge in [0.2, 0.25) is 5.91 Å². The number of carbonyl (C=O) groups excluding carboxylic acids is 2. The zero-order valence-corrected chi connectivity index (χ0v) is 17.0. The van der Waals surface area contributed by atoms with Crippen LogP contribution in [-0.4, -0.2) is 46.5 Å². The van der Waals surface area contributed by atoms with Crippen molar-refractivity contribution in [2.24, 2.45) is 0 Å². The molecule has 1 heterocycles. The molecule has 0 saturated carbocycles. The minimum atomic E-state index is -0.254. The standard InChI is InChI=1S/C22H26N4O3/c1-4-25(5-2)21(27)15-26-18-12-8-7-11-17(18)24-20(26)14-23-22(28)16-10-6-9-13-19(16)29-3/h6-13H,4-5,14-15H2,1-3H3,(H,23,28). The molecule has 152 valence electrons. The normalized spacial score (nSPS) is 10.7. The van der Waals surface area contributed by atoms with Gasteiger partial charge >= 0.3 is 0 Å². The number of nitrogens with zero attached hydrogens (tertiary/aromatic N) is 3. The number of rotatable bonds is 8. The molecule has 7 heteroatoms. The first-order valence-electron chi connectivity index (χ1n) is 9.72. The van der Waals surface area contributed by atoms with Crippen LogP contribution in [0.15, 0.2) is 48.5 Å². The number of ether oxygens (including phenoxy) is 1. The number of methoxy groups -OCH3 is 1. The van der Waals surface area contributed by atoms with Gasteiger partial charge in [0.25, 0.3) is 5.91 Å². The highest BCUT2D eigenvalue weighted by molar-refractivity contribution is 5.96. The first-order valence-corrected chi connectivity index (χ1v) is 9.72. The molecule has 0 aliphatic rings. The van der Waals surface area contributed by atoms with E-state index in [0.29, 0.717) is 30.2 Å². The highest BCUT2D eigenvalue weighted by Gasteiger charge is 2.18. The molecule has 29 heavy (non-hydrogen) atoms. The molecule has 0 atom stereocenters. The number of hydrogen-bond acceptors (Lipinski definition) is 4. The van der Waals surface area contributed by atoms with E-state index in [4.69, 9.17) is 4.74 Å². The van der Waals surface area contributed by atoms with Crippen molar-refractivity contribution in [2.45, 2.75) is 26.9 Å². The molecule has 0 spiro atoms. The summed E-state index contributed by atoms with van der Waals surface area (Å²) >= 11 is 0. The molecule has 0 bridgehead atoms. The molecule has 0 fully saturated rings. The predicted molar refractivity (Wildman–Crippen MR) is 112 cm³/mol. The van der Waals surface area contributed by atoms with Crippen LogP contribution in [0.5, 0.6) is 5.75 Å². The number of amides is 2. The average Bonchev–Trinajstić information content (AvgIpc) is 3.10. The first-order chi connectivity index (χ1) is 14.1. The lowest BCUT2D eigenvalue weighted by molar-refractivity contribution is -0.131. The largest absolute Gasteiger partial charge is 0.496 e. The minimum absolute atomic E-state index is 0.0236. The van der Waals surface area contributed by atoms with Crippen molar-refractivity contribution in [1.29, 1.82) is 0 Å². The minimum Gasteiger partial charge on any atom is -0.496 e. The Morgan fingerprint density at radius 3 is 2.48 bits per heavy atom. The summed E-state index contributed by atoms with van der Waals surface area (Å²) in [5.41, 5.74) is 2.12. The van der Waals surface area contributed by atoms with Gasteiger partial charge in [-0.2, -0.15) is 0 Å². The van der Waals surface area contributed by atoms with E-state index in [1.807, 2.05) is 48.7 Å². The molecule has 2 amide bonds. The number of likely N-dealkylation sites (N-methyl/N-ethyl adjacent to an activating group) is 1. The van der Waals surface area contributed by atoms with Crippen LogP contribution in [0.2, 0.25) is 0 Å². The van der Waals surface area contributed by atoms with Gasteiger partial charge in [-0.3, -0.25) is 9.59 Å². The number of aromatic nitrogens is 2. The van der Waals surface area contributed by atoms with Gasteiger partial charge in [-0.1, -0.05) is 24.3 Å². The molecule has 0 unspecified atom stereocenters. The average molecular weight is 394 g/mol. The summed E-state index contributed by atoms with van der Waals surface area (Å²) in [7, 11) is 1.53. The van der Waals surface area contributed by atoms with Gasteiger partial charge in [-0.25, -0.2) is 4.98 Å². The zero-order valence-electron chi connectivity index (χ0n) is 17.0. The highest BCUT2D eigenvalue weighted by Crippen LogP contribution is 2.19. The van der Waals surface area contributed by atoms with Crippen LogP contribution in [-0.2, 0) is 17.9 Å². The van der Waals surface area contributed by atoms with Crippen molar-refractivity contribution in [3.05, 3.63) is 59.9 Å². The third-order valence-electron chi connectivity index (χ3n) is 4.90. The number of para-hydroxylation sites is 3. The van der Waals surface area contributed by atoms with Gasteiger partial charge in [0.15, 0.2) is 0 Å². The topological polar surface area (TPSA) is 76.5 Å². The van der Waals surface area contributed by atoms with Crippen molar-refractivity contribution >= 4 is 22.8 Å². The summed E-state index contributed by atoms with van der Waals surface area (Å²) in [6.45, 7) is 5.62. The molecule has 1 aromatic heterocycles. The van der Waals surface area contributed by atoms with E-state index in [2.05, 4.69) is 10.3 Å². The summed E-state index contributed by atoms with van der Waals surface area (Å²) < 4.78 is 7.14. The van der Waals surface area contributed by atoms with Crippen molar-refractivity contribution in [2.75, 3.05) is 20.2 Å². The summed E-state index contributed by atoms with van der Waals surface area (Å²) in [6.07, 6.45) is 0. The van der Waals surface area contributed by atoms with Gasteiger partial charge in [0.1, 0.15) is 18.1 Å². The molecule has 0 radical (unpaired) electrons. The van der Waals surface area contributed by atoms with Crippen LogP contribution in [0.25, 0.3) is 11.0 Å². The van der Waals surface area contributed by atoms with E-state index < -0.39 is 0 Å². The lowest BCUT2D eigenvalue weighted by Crippen LogP contribution is -2.34. The molecule has 2 aromatic carbocycles. The van der Waals surface area contributed by atoms with Gasteiger partial charge < -0.3 is 19.5 Å². The zero-order chi connectivity index (χ0) is 20.8. The monoisotopic (exact) mass is 394 g/mol. The second-order valence-electron chi connectivity index (χ2n) is 6.55. The molecular formula is C22H26N4O3. The number of fused-ring (bicyclic) bond motifs is 1. The summed E-state index contributed by atoms with van der Waals surface area (Å²) in [5.74, 6) is 0.914. The molecule has 1 N–H and O–H groups in total. The van der Waals surface area contributed by atoms with E-state index in [9.17, 15) is 9.59 Å². The van der Waals surface area contributed by atoms with E-state index in [1.54, 1.807) is 23.1 Å². The maximum atomic E-state index is 12.7. The molecule has 0 aliphatic heterocycles. The molecule has 0 aliphatic carbocycles. The molecule has 7 nitrogen and oxygen atoms in total. The van der Waals surface area contributed by atoms with Crippen LogP contribution in [0.4, 0.5) is 0 Å². The fourth-order valence-electron chi connectivity index (χ4n) is 3.34. The van der Waals surface area contributed by atoms with Crippen LogP contribution >= 0.6 is 0 Å². The van der Waals surface area contributed by atoms with E-state index >= 15 is 0 Å². The Balaban J connectivity index is 1.85. The lowest BCUT2D eigenvalue weighted by atomic mass is 10.2. The third kappa shape index (κ3) is 4.39. The Hall–Kier alpha value is -3.35.